The van der Waals surface area contributed by atoms with Gasteiger partial charge in [0.25, 0.3) is 5.91 Å². The Bertz CT molecular complexity index is 549. The third-order valence-electron chi connectivity index (χ3n) is 5.69. The van der Waals surface area contributed by atoms with Crippen molar-refractivity contribution in [2.24, 2.45) is 16.7 Å². The molecule has 114 valence electrons. The summed E-state index contributed by atoms with van der Waals surface area (Å²) in [5.41, 5.74) is 0.763. The lowest BCUT2D eigenvalue weighted by molar-refractivity contribution is 0.0733. The van der Waals surface area contributed by atoms with E-state index in [0.717, 1.165) is 0 Å². The van der Waals surface area contributed by atoms with Crippen molar-refractivity contribution in [1.29, 1.82) is 0 Å². The second-order valence-electron chi connectivity index (χ2n) is 7.36. The molecule has 0 aromatic carbocycles. The van der Waals surface area contributed by atoms with Gasteiger partial charge in [-0.2, -0.15) is 0 Å². The molecular formula is C16H24N4O. The molecule has 3 atom stereocenters. The molecule has 2 bridgehead atoms. The van der Waals surface area contributed by atoms with Crippen LogP contribution in [0.25, 0.3) is 0 Å². The van der Waals surface area contributed by atoms with E-state index < -0.39 is 0 Å². The van der Waals surface area contributed by atoms with Gasteiger partial charge < -0.3 is 10.6 Å². The minimum atomic E-state index is -0.114. The van der Waals surface area contributed by atoms with Crippen molar-refractivity contribution in [2.45, 2.75) is 46.1 Å². The van der Waals surface area contributed by atoms with Crippen LogP contribution in [0.3, 0.4) is 0 Å². The third-order valence-corrected chi connectivity index (χ3v) is 5.69. The van der Waals surface area contributed by atoms with Crippen LogP contribution in [-0.2, 0) is 0 Å². The van der Waals surface area contributed by atoms with Crippen LogP contribution in [-0.4, -0.2) is 29.0 Å². The molecule has 21 heavy (non-hydrogen) atoms. The van der Waals surface area contributed by atoms with Crippen LogP contribution >= 0.6 is 0 Å². The summed E-state index contributed by atoms with van der Waals surface area (Å²) in [6.45, 7) is 6.87. The van der Waals surface area contributed by atoms with Crippen LogP contribution in [0.1, 0.15) is 50.5 Å². The molecule has 5 heteroatoms. The number of nitrogens with one attached hydrogen (secondary N) is 2. The maximum absolute atomic E-state index is 12.5. The van der Waals surface area contributed by atoms with Gasteiger partial charge in [-0.1, -0.05) is 20.8 Å². The molecule has 3 rings (SSSR count). The van der Waals surface area contributed by atoms with Crippen molar-refractivity contribution in [3.05, 3.63) is 18.1 Å². The lowest BCUT2D eigenvalue weighted by Crippen LogP contribution is -2.52. The van der Waals surface area contributed by atoms with Crippen molar-refractivity contribution in [1.82, 2.24) is 15.3 Å². The molecule has 0 saturated heterocycles. The topological polar surface area (TPSA) is 66.9 Å². The number of carbonyl (C=O) groups is 1. The van der Waals surface area contributed by atoms with E-state index in [0.29, 0.717) is 17.4 Å². The highest BCUT2D eigenvalue weighted by atomic mass is 16.2. The molecule has 1 aromatic heterocycles. The first kappa shape index (κ1) is 14.3. The standard InChI is InChI=1S/C16H24N4O/c1-15(2)10-5-6-16(3,7-10)14(15)20-13(21)11-8-19-12(17-4)9-18-11/h8-10,14H,5-7H2,1-4H3,(H,17,19)(H,20,21). The number of amides is 1. The van der Waals surface area contributed by atoms with Gasteiger partial charge >= 0.3 is 0 Å². The second kappa shape index (κ2) is 4.68. The normalized spacial score (nSPS) is 33.0. The van der Waals surface area contributed by atoms with Crippen molar-refractivity contribution < 1.29 is 4.79 Å². The Balaban J connectivity index is 1.78. The highest BCUT2D eigenvalue weighted by Crippen LogP contribution is 2.62. The highest BCUT2D eigenvalue weighted by molar-refractivity contribution is 5.92. The SMILES string of the molecule is CNc1cnc(C(=O)NC2C3(C)CCC(C3)C2(C)C)cn1. The van der Waals surface area contributed by atoms with Crippen LogP contribution < -0.4 is 10.6 Å². The van der Waals surface area contributed by atoms with E-state index in [1.165, 1.54) is 25.5 Å². The maximum Gasteiger partial charge on any atom is 0.271 e. The smallest absolute Gasteiger partial charge is 0.271 e. The fraction of sp³-hybridized carbons (Fsp3) is 0.688. The summed E-state index contributed by atoms with van der Waals surface area (Å²) in [4.78, 5) is 20.8. The lowest BCUT2D eigenvalue weighted by atomic mass is 9.68. The van der Waals surface area contributed by atoms with Crippen LogP contribution in [0.4, 0.5) is 5.82 Å². The third kappa shape index (κ3) is 2.19. The first-order valence-corrected chi connectivity index (χ1v) is 7.67. The number of hydrogen-bond donors (Lipinski definition) is 2. The molecule has 3 unspecified atom stereocenters. The molecule has 0 aliphatic heterocycles. The summed E-state index contributed by atoms with van der Waals surface area (Å²) in [6.07, 6.45) is 6.82. The minimum absolute atomic E-state index is 0.114. The van der Waals surface area contributed by atoms with E-state index in [2.05, 4.69) is 41.4 Å². The zero-order chi connectivity index (χ0) is 15.3. The second-order valence-corrected chi connectivity index (χ2v) is 7.36. The number of anilines is 1. The zero-order valence-electron chi connectivity index (χ0n) is 13.2. The van der Waals surface area contributed by atoms with Gasteiger partial charge in [0.05, 0.1) is 12.4 Å². The molecule has 1 amide bonds. The van der Waals surface area contributed by atoms with Crippen LogP contribution in [0.5, 0.6) is 0 Å². The zero-order valence-corrected chi connectivity index (χ0v) is 13.2. The molecule has 2 N–H and O–H groups in total. The molecular weight excluding hydrogens is 264 g/mol. The summed E-state index contributed by atoms with van der Waals surface area (Å²) in [5.74, 6) is 1.27. The van der Waals surface area contributed by atoms with Crippen molar-refractivity contribution in [2.75, 3.05) is 12.4 Å². The summed E-state index contributed by atoms with van der Waals surface area (Å²) in [6, 6.07) is 0.210. The largest absolute Gasteiger partial charge is 0.372 e. The van der Waals surface area contributed by atoms with Gasteiger partial charge in [-0.15, -0.1) is 0 Å². The van der Waals surface area contributed by atoms with Gasteiger partial charge in [-0.25, -0.2) is 9.97 Å². The Morgan fingerprint density at radius 2 is 2.05 bits per heavy atom. The van der Waals surface area contributed by atoms with Crippen LogP contribution in [0, 0.1) is 16.7 Å². The predicted molar refractivity (Wildman–Crippen MR) is 82.1 cm³/mol. The summed E-state index contributed by atoms with van der Waals surface area (Å²) in [7, 11) is 1.78. The average Bonchev–Trinajstić information content (AvgIpc) is 2.94. The highest BCUT2D eigenvalue weighted by Gasteiger charge is 2.59. The van der Waals surface area contributed by atoms with Crippen molar-refractivity contribution in [3.8, 4) is 0 Å². The van der Waals surface area contributed by atoms with E-state index in [4.69, 9.17) is 0 Å². The van der Waals surface area contributed by atoms with Gasteiger partial charge in [0, 0.05) is 13.1 Å². The predicted octanol–water partition coefficient (Wildman–Crippen LogP) is 2.46. The summed E-state index contributed by atoms with van der Waals surface area (Å²) in [5, 5.41) is 6.14. The Kier molecular flexibility index (Phi) is 3.19. The Hall–Kier alpha value is -1.65. The number of nitrogens with zero attached hydrogens (tertiary/aromatic N) is 2. The number of hydrogen-bond acceptors (Lipinski definition) is 4. The molecule has 2 fully saturated rings. The molecule has 0 spiro atoms. The van der Waals surface area contributed by atoms with Crippen LogP contribution in [0.2, 0.25) is 0 Å². The quantitative estimate of drug-likeness (QED) is 0.896. The fourth-order valence-corrected chi connectivity index (χ4v) is 4.44. The van der Waals surface area contributed by atoms with Gasteiger partial charge in [0.2, 0.25) is 0 Å². The van der Waals surface area contributed by atoms with E-state index in [9.17, 15) is 4.79 Å². The monoisotopic (exact) mass is 288 g/mol. The van der Waals surface area contributed by atoms with E-state index in [1.54, 1.807) is 13.2 Å². The number of fused-ring (bicyclic) bond motifs is 2. The van der Waals surface area contributed by atoms with Gasteiger partial charge in [0.1, 0.15) is 11.5 Å². The molecule has 1 aromatic rings. The molecule has 5 nitrogen and oxygen atoms in total. The summed E-state index contributed by atoms with van der Waals surface area (Å²) >= 11 is 0. The molecule has 1 heterocycles. The number of rotatable bonds is 3. The number of carbonyl (C=O) groups excluding carboxylic acids is 1. The first-order chi connectivity index (χ1) is 9.87. The summed E-state index contributed by atoms with van der Waals surface area (Å²) < 4.78 is 0. The Morgan fingerprint density at radius 1 is 1.29 bits per heavy atom. The molecule has 2 aliphatic rings. The van der Waals surface area contributed by atoms with E-state index in [-0.39, 0.29) is 22.8 Å². The molecule has 2 saturated carbocycles. The van der Waals surface area contributed by atoms with Gasteiger partial charge in [-0.3, -0.25) is 4.79 Å². The Labute approximate surface area is 125 Å². The van der Waals surface area contributed by atoms with Crippen molar-refractivity contribution in [3.63, 3.8) is 0 Å². The van der Waals surface area contributed by atoms with Crippen LogP contribution in [0.15, 0.2) is 12.4 Å². The average molecular weight is 288 g/mol. The fourth-order valence-electron chi connectivity index (χ4n) is 4.44. The van der Waals surface area contributed by atoms with Gasteiger partial charge in [-0.05, 0) is 36.0 Å². The number of aromatic nitrogens is 2. The molecule has 2 aliphatic carbocycles. The Morgan fingerprint density at radius 3 is 2.57 bits per heavy atom. The minimum Gasteiger partial charge on any atom is -0.372 e. The maximum atomic E-state index is 12.5. The van der Waals surface area contributed by atoms with Gasteiger partial charge in [0.15, 0.2) is 0 Å². The van der Waals surface area contributed by atoms with Crippen molar-refractivity contribution >= 4 is 11.7 Å². The molecule has 0 radical (unpaired) electrons. The first-order valence-electron chi connectivity index (χ1n) is 7.67. The lowest BCUT2D eigenvalue weighted by Gasteiger charge is -2.43. The van der Waals surface area contributed by atoms with E-state index in [1.807, 2.05) is 0 Å². The van der Waals surface area contributed by atoms with E-state index >= 15 is 0 Å².